The van der Waals surface area contributed by atoms with E-state index in [-0.39, 0.29) is 12.3 Å². The molecule has 2 aromatic rings. The van der Waals surface area contributed by atoms with Crippen LogP contribution in [0.2, 0.25) is 0 Å². The van der Waals surface area contributed by atoms with E-state index in [4.69, 9.17) is 0 Å². The molecule has 6 heteroatoms. The molecular weight excluding hydrogens is 274 g/mol. The molecule has 0 atom stereocenters. The molecule has 2 rings (SSSR count). The first-order valence-electron chi connectivity index (χ1n) is 6.41. The summed E-state index contributed by atoms with van der Waals surface area (Å²) in [5.74, 6) is -0.00435. The highest BCUT2D eigenvalue weighted by Gasteiger charge is 2.15. The molecule has 5 nitrogen and oxygen atoms in total. The standard InChI is InChI=1S/C14H19N3O2S/c1-10-6-4-5-7-13(10)9-20(18,19)15-8-14-11(2)16-17-12(14)3/h4-7,15H,8-9H2,1-3H3,(H,16,17). The molecule has 2 N–H and O–H groups in total. The number of aryl methyl sites for hydroxylation is 3. The average Bonchev–Trinajstić information content (AvgIpc) is 2.69. The number of nitrogens with zero attached hydrogens (tertiary/aromatic N) is 1. The van der Waals surface area contributed by atoms with Crippen LogP contribution in [0.1, 0.15) is 28.1 Å². The molecule has 0 fully saturated rings. The number of aromatic nitrogens is 2. The molecule has 1 aromatic heterocycles. The fourth-order valence-corrected chi connectivity index (χ4v) is 3.24. The summed E-state index contributed by atoms with van der Waals surface area (Å²) >= 11 is 0. The Balaban J connectivity index is 2.07. The minimum atomic E-state index is -3.36. The van der Waals surface area contributed by atoms with E-state index in [9.17, 15) is 8.42 Å². The number of aromatic amines is 1. The molecule has 0 radical (unpaired) electrons. The van der Waals surface area contributed by atoms with Crippen LogP contribution in [0.4, 0.5) is 0 Å². The lowest BCUT2D eigenvalue weighted by Crippen LogP contribution is -2.25. The molecule has 0 bridgehead atoms. The Hall–Kier alpha value is -1.66. The molecule has 0 aliphatic heterocycles. The van der Waals surface area contributed by atoms with E-state index >= 15 is 0 Å². The van der Waals surface area contributed by atoms with E-state index in [0.717, 1.165) is 28.1 Å². The maximum Gasteiger partial charge on any atom is 0.216 e. The Bertz CT molecular complexity index is 685. The van der Waals surface area contributed by atoms with E-state index in [0.29, 0.717) is 0 Å². The number of nitrogens with one attached hydrogen (secondary N) is 2. The van der Waals surface area contributed by atoms with Gasteiger partial charge in [-0.25, -0.2) is 13.1 Å². The van der Waals surface area contributed by atoms with Crippen LogP contribution in [0.25, 0.3) is 0 Å². The predicted molar refractivity (Wildman–Crippen MR) is 78.7 cm³/mol. The zero-order valence-electron chi connectivity index (χ0n) is 11.9. The number of H-pyrrole nitrogens is 1. The second kappa shape index (κ2) is 5.76. The van der Waals surface area contributed by atoms with Crippen LogP contribution in [-0.4, -0.2) is 18.6 Å². The van der Waals surface area contributed by atoms with Gasteiger partial charge < -0.3 is 0 Å². The van der Waals surface area contributed by atoms with Crippen molar-refractivity contribution in [3.8, 4) is 0 Å². The zero-order valence-corrected chi connectivity index (χ0v) is 12.7. The maximum absolute atomic E-state index is 12.1. The van der Waals surface area contributed by atoms with Gasteiger partial charge in [-0.1, -0.05) is 24.3 Å². The van der Waals surface area contributed by atoms with Crippen LogP contribution in [0.5, 0.6) is 0 Å². The van der Waals surface area contributed by atoms with Crippen molar-refractivity contribution in [2.75, 3.05) is 0 Å². The first-order valence-corrected chi connectivity index (χ1v) is 8.06. The van der Waals surface area contributed by atoms with Crippen molar-refractivity contribution in [2.24, 2.45) is 0 Å². The summed E-state index contributed by atoms with van der Waals surface area (Å²) in [6.07, 6.45) is 0. The predicted octanol–water partition coefficient (Wildman–Crippen LogP) is 1.95. The van der Waals surface area contributed by atoms with E-state index in [1.807, 2.05) is 45.0 Å². The monoisotopic (exact) mass is 293 g/mol. The van der Waals surface area contributed by atoms with Crippen LogP contribution in [0, 0.1) is 20.8 Å². The highest BCUT2D eigenvalue weighted by Crippen LogP contribution is 2.13. The lowest BCUT2D eigenvalue weighted by atomic mass is 10.1. The highest BCUT2D eigenvalue weighted by atomic mass is 32.2. The van der Waals surface area contributed by atoms with Gasteiger partial charge in [0, 0.05) is 17.8 Å². The summed E-state index contributed by atoms with van der Waals surface area (Å²) in [4.78, 5) is 0. The van der Waals surface area contributed by atoms with Crippen LogP contribution < -0.4 is 4.72 Å². The topological polar surface area (TPSA) is 74.8 Å². The zero-order chi connectivity index (χ0) is 14.8. The van der Waals surface area contributed by atoms with E-state index in [2.05, 4.69) is 14.9 Å². The van der Waals surface area contributed by atoms with Gasteiger partial charge in [0.1, 0.15) is 0 Å². The molecule has 0 aliphatic carbocycles. The van der Waals surface area contributed by atoms with Gasteiger partial charge in [-0.15, -0.1) is 0 Å². The molecule has 1 heterocycles. The largest absolute Gasteiger partial charge is 0.282 e. The number of benzene rings is 1. The number of hydrogen-bond acceptors (Lipinski definition) is 3. The van der Waals surface area contributed by atoms with E-state index in [1.165, 1.54) is 0 Å². The van der Waals surface area contributed by atoms with Crippen molar-refractivity contribution in [1.29, 1.82) is 0 Å². The number of hydrogen-bond donors (Lipinski definition) is 2. The Morgan fingerprint density at radius 3 is 2.50 bits per heavy atom. The van der Waals surface area contributed by atoms with E-state index < -0.39 is 10.0 Å². The minimum absolute atomic E-state index is 0.00435. The number of sulfonamides is 1. The van der Waals surface area contributed by atoms with Crippen LogP contribution in [0.3, 0.4) is 0 Å². The van der Waals surface area contributed by atoms with E-state index in [1.54, 1.807) is 0 Å². The van der Waals surface area contributed by atoms with Gasteiger partial charge in [0.05, 0.1) is 11.4 Å². The summed E-state index contributed by atoms with van der Waals surface area (Å²) in [7, 11) is -3.36. The first-order chi connectivity index (χ1) is 9.39. The molecule has 0 spiro atoms. The molecule has 20 heavy (non-hydrogen) atoms. The van der Waals surface area contributed by atoms with Gasteiger partial charge in [-0.05, 0) is 31.9 Å². The van der Waals surface area contributed by atoms with Crippen molar-refractivity contribution in [3.05, 3.63) is 52.3 Å². The van der Waals surface area contributed by atoms with Crippen molar-refractivity contribution >= 4 is 10.0 Å². The Morgan fingerprint density at radius 2 is 1.90 bits per heavy atom. The second-order valence-electron chi connectivity index (χ2n) is 4.92. The second-order valence-corrected chi connectivity index (χ2v) is 6.73. The highest BCUT2D eigenvalue weighted by molar-refractivity contribution is 7.88. The third-order valence-electron chi connectivity index (χ3n) is 3.36. The van der Waals surface area contributed by atoms with Gasteiger partial charge in [-0.3, -0.25) is 5.10 Å². The summed E-state index contributed by atoms with van der Waals surface area (Å²) in [5.41, 5.74) is 4.41. The van der Waals surface area contributed by atoms with Gasteiger partial charge in [0.25, 0.3) is 0 Å². The van der Waals surface area contributed by atoms with Gasteiger partial charge in [-0.2, -0.15) is 5.10 Å². The van der Waals surface area contributed by atoms with Crippen molar-refractivity contribution in [3.63, 3.8) is 0 Å². The van der Waals surface area contributed by atoms with Crippen molar-refractivity contribution in [2.45, 2.75) is 33.1 Å². The first kappa shape index (κ1) is 14.7. The van der Waals surface area contributed by atoms with Crippen LogP contribution in [0.15, 0.2) is 24.3 Å². The summed E-state index contributed by atoms with van der Waals surface area (Å²) in [5, 5.41) is 6.90. The molecular formula is C14H19N3O2S. The van der Waals surface area contributed by atoms with Gasteiger partial charge >= 0.3 is 0 Å². The molecule has 108 valence electrons. The fourth-order valence-electron chi connectivity index (χ4n) is 2.04. The molecule has 0 aliphatic rings. The summed E-state index contributed by atoms with van der Waals surface area (Å²) < 4.78 is 26.9. The molecule has 0 amide bonds. The third-order valence-corrected chi connectivity index (χ3v) is 4.63. The minimum Gasteiger partial charge on any atom is -0.282 e. The molecule has 0 saturated heterocycles. The molecule has 0 saturated carbocycles. The fraction of sp³-hybridized carbons (Fsp3) is 0.357. The summed E-state index contributed by atoms with van der Waals surface area (Å²) in [6, 6.07) is 7.50. The van der Waals surface area contributed by atoms with Gasteiger partial charge in [0.15, 0.2) is 0 Å². The maximum atomic E-state index is 12.1. The third kappa shape index (κ3) is 3.46. The van der Waals surface area contributed by atoms with Crippen molar-refractivity contribution in [1.82, 2.24) is 14.9 Å². The normalized spacial score (nSPS) is 11.8. The lowest BCUT2D eigenvalue weighted by Gasteiger charge is -2.09. The Labute approximate surface area is 119 Å². The Kier molecular flexibility index (Phi) is 4.25. The summed E-state index contributed by atoms with van der Waals surface area (Å²) in [6.45, 7) is 5.91. The molecule has 0 unspecified atom stereocenters. The molecule has 1 aromatic carbocycles. The lowest BCUT2D eigenvalue weighted by molar-refractivity contribution is 0.580. The van der Waals surface area contributed by atoms with Crippen molar-refractivity contribution < 1.29 is 8.42 Å². The quantitative estimate of drug-likeness (QED) is 0.885. The SMILES string of the molecule is Cc1ccccc1CS(=O)(=O)NCc1c(C)n[nH]c1C. The number of rotatable bonds is 5. The average molecular weight is 293 g/mol. The van der Waals surface area contributed by atoms with Crippen LogP contribution >= 0.6 is 0 Å². The van der Waals surface area contributed by atoms with Crippen LogP contribution in [-0.2, 0) is 22.3 Å². The Morgan fingerprint density at radius 1 is 1.20 bits per heavy atom. The van der Waals surface area contributed by atoms with Gasteiger partial charge in [0.2, 0.25) is 10.0 Å². The smallest absolute Gasteiger partial charge is 0.216 e.